The van der Waals surface area contributed by atoms with Crippen molar-refractivity contribution in [1.82, 2.24) is 15.5 Å². The molecule has 3 rings (SSSR count). The first-order chi connectivity index (χ1) is 11.8. The van der Waals surface area contributed by atoms with Gasteiger partial charge in [-0.05, 0) is 38.8 Å². The van der Waals surface area contributed by atoms with Gasteiger partial charge in [-0.2, -0.15) is 18.3 Å². The molecular formula is C17H19F3N4O. The number of hydrogen-bond donors (Lipinski definition) is 3. The van der Waals surface area contributed by atoms with E-state index in [2.05, 4.69) is 20.8 Å². The van der Waals surface area contributed by atoms with E-state index in [9.17, 15) is 18.0 Å². The highest BCUT2D eigenvalue weighted by molar-refractivity contribution is 5.94. The highest BCUT2D eigenvalue weighted by Crippen LogP contribution is 2.45. The number of H-pyrrole nitrogens is 1. The molecule has 2 aromatic rings. The van der Waals surface area contributed by atoms with E-state index in [1.54, 1.807) is 0 Å². The van der Waals surface area contributed by atoms with Crippen LogP contribution in [0.5, 0.6) is 0 Å². The largest absolute Gasteiger partial charge is 0.416 e. The summed E-state index contributed by atoms with van der Waals surface area (Å²) in [6, 6.07) is 4.34. The molecule has 1 fully saturated rings. The number of nitrogens with zero attached hydrogens (tertiary/aromatic N) is 1. The fourth-order valence-electron chi connectivity index (χ4n) is 2.59. The molecule has 1 saturated carbocycles. The van der Waals surface area contributed by atoms with Crippen LogP contribution in [0.25, 0.3) is 11.3 Å². The summed E-state index contributed by atoms with van der Waals surface area (Å²) in [6.07, 6.45) is -2.40. The number of halogens is 3. The van der Waals surface area contributed by atoms with Gasteiger partial charge in [0.15, 0.2) is 0 Å². The van der Waals surface area contributed by atoms with Crippen molar-refractivity contribution in [2.24, 2.45) is 0 Å². The minimum Gasteiger partial charge on any atom is -0.336 e. The smallest absolute Gasteiger partial charge is 0.336 e. The Morgan fingerprint density at radius 3 is 2.40 bits per heavy atom. The number of urea groups is 1. The Bertz CT molecular complexity index is 761. The molecular weight excluding hydrogens is 333 g/mol. The van der Waals surface area contributed by atoms with Crippen LogP contribution in [0.4, 0.5) is 23.7 Å². The molecule has 134 valence electrons. The molecule has 1 aromatic heterocycles. The van der Waals surface area contributed by atoms with Crippen LogP contribution in [0.3, 0.4) is 0 Å². The second kappa shape index (κ2) is 6.42. The van der Waals surface area contributed by atoms with Crippen molar-refractivity contribution in [3.8, 4) is 11.3 Å². The highest BCUT2D eigenvalue weighted by Gasteiger charge is 2.32. The number of nitrogens with one attached hydrogen (secondary N) is 3. The van der Waals surface area contributed by atoms with Crippen LogP contribution in [0.15, 0.2) is 24.3 Å². The first-order valence-corrected chi connectivity index (χ1v) is 8.09. The van der Waals surface area contributed by atoms with Crippen LogP contribution in [0, 0.1) is 0 Å². The van der Waals surface area contributed by atoms with E-state index in [0.717, 1.165) is 30.7 Å². The Kier molecular flexibility index (Phi) is 4.45. The van der Waals surface area contributed by atoms with Gasteiger partial charge in [-0.25, -0.2) is 4.79 Å². The van der Waals surface area contributed by atoms with Crippen LogP contribution in [-0.2, 0) is 6.18 Å². The van der Waals surface area contributed by atoms with E-state index < -0.39 is 11.7 Å². The van der Waals surface area contributed by atoms with Crippen molar-refractivity contribution in [3.63, 3.8) is 0 Å². The second-order valence-electron chi connectivity index (χ2n) is 6.46. The van der Waals surface area contributed by atoms with Crippen LogP contribution in [0.1, 0.15) is 43.9 Å². The van der Waals surface area contributed by atoms with Gasteiger partial charge in [-0.1, -0.05) is 12.1 Å². The van der Waals surface area contributed by atoms with Gasteiger partial charge in [-0.15, -0.1) is 0 Å². The van der Waals surface area contributed by atoms with Crippen molar-refractivity contribution in [1.29, 1.82) is 0 Å². The fraction of sp³-hybridized carbons (Fsp3) is 0.412. The van der Waals surface area contributed by atoms with Gasteiger partial charge in [0.1, 0.15) is 5.69 Å². The molecule has 25 heavy (non-hydrogen) atoms. The molecule has 0 bridgehead atoms. The van der Waals surface area contributed by atoms with Crippen LogP contribution < -0.4 is 10.6 Å². The molecule has 0 atom stereocenters. The molecule has 0 unspecified atom stereocenters. The SMILES string of the molecule is CC(C)NC(=O)Nc1c(-c2ccc(C(F)(F)F)cc2)n[nH]c1C1CC1. The minimum absolute atomic E-state index is 0.0363. The molecule has 2 amide bonds. The lowest BCUT2D eigenvalue weighted by atomic mass is 10.1. The third-order valence-corrected chi connectivity index (χ3v) is 3.92. The van der Waals surface area contributed by atoms with Gasteiger partial charge >= 0.3 is 12.2 Å². The molecule has 1 aromatic carbocycles. The number of benzene rings is 1. The highest BCUT2D eigenvalue weighted by atomic mass is 19.4. The molecule has 1 aliphatic rings. The van der Waals surface area contributed by atoms with E-state index in [1.807, 2.05) is 13.8 Å². The van der Waals surface area contributed by atoms with Gasteiger partial charge in [0.05, 0.1) is 16.9 Å². The topological polar surface area (TPSA) is 69.8 Å². The van der Waals surface area contributed by atoms with Gasteiger partial charge in [-0.3, -0.25) is 5.10 Å². The summed E-state index contributed by atoms with van der Waals surface area (Å²) in [5, 5.41) is 12.7. The predicted molar refractivity (Wildman–Crippen MR) is 88.3 cm³/mol. The number of aromatic nitrogens is 2. The quantitative estimate of drug-likeness (QED) is 0.758. The lowest BCUT2D eigenvalue weighted by molar-refractivity contribution is -0.137. The number of anilines is 1. The van der Waals surface area contributed by atoms with Crippen LogP contribution in [0.2, 0.25) is 0 Å². The van der Waals surface area contributed by atoms with Crippen molar-refractivity contribution in [2.45, 2.75) is 44.8 Å². The molecule has 3 N–H and O–H groups in total. The first-order valence-electron chi connectivity index (χ1n) is 8.09. The van der Waals surface area contributed by atoms with E-state index in [4.69, 9.17) is 0 Å². The Labute approximate surface area is 143 Å². The zero-order valence-electron chi connectivity index (χ0n) is 13.9. The lowest BCUT2D eigenvalue weighted by Gasteiger charge is -2.12. The molecule has 1 heterocycles. The summed E-state index contributed by atoms with van der Waals surface area (Å²) >= 11 is 0. The third-order valence-electron chi connectivity index (χ3n) is 3.92. The summed E-state index contributed by atoms with van der Waals surface area (Å²) in [5.41, 5.74) is 1.57. The summed E-state index contributed by atoms with van der Waals surface area (Å²) in [4.78, 5) is 12.1. The molecule has 0 saturated heterocycles. The minimum atomic E-state index is -4.39. The molecule has 8 heteroatoms. The molecule has 0 spiro atoms. The first kappa shape index (κ1) is 17.3. The second-order valence-corrected chi connectivity index (χ2v) is 6.46. The summed E-state index contributed by atoms with van der Waals surface area (Å²) in [5.74, 6) is 0.296. The maximum absolute atomic E-state index is 12.7. The standard InChI is InChI=1S/C17H19F3N4O/c1-9(2)21-16(25)22-15-13(10-3-4-10)23-24-14(15)11-5-7-12(8-6-11)17(18,19)20/h5-10H,3-4H2,1-2H3,(H,23,24)(H2,21,22,25). The van der Waals surface area contributed by atoms with Crippen molar-refractivity contribution in [2.75, 3.05) is 5.32 Å². The lowest BCUT2D eigenvalue weighted by Crippen LogP contribution is -2.34. The number of rotatable bonds is 4. The fourth-order valence-corrected chi connectivity index (χ4v) is 2.59. The monoisotopic (exact) mass is 352 g/mol. The molecule has 0 aliphatic heterocycles. The number of aromatic amines is 1. The van der Waals surface area contributed by atoms with Crippen molar-refractivity contribution < 1.29 is 18.0 Å². The average molecular weight is 352 g/mol. The normalized spacial score (nSPS) is 14.6. The third kappa shape index (κ3) is 3.94. The Morgan fingerprint density at radius 2 is 1.88 bits per heavy atom. The van der Waals surface area contributed by atoms with Gasteiger partial charge in [0.2, 0.25) is 0 Å². The van der Waals surface area contributed by atoms with Gasteiger partial charge in [0, 0.05) is 17.5 Å². The van der Waals surface area contributed by atoms with Crippen LogP contribution >= 0.6 is 0 Å². The number of amides is 2. The number of hydrogen-bond acceptors (Lipinski definition) is 2. The Balaban J connectivity index is 1.92. The number of carbonyl (C=O) groups is 1. The van der Waals surface area contributed by atoms with E-state index in [1.165, 1.54) is 12.1 Å². The van der Waals surface area contributed by atoms with Gasteiger partial charge < -0.3 is 10.6 Å². The van der Waals surface area contributed by atoms with Gasteiger partial charge in [0.25, 0.3) is 0 Å². The summed E-state index contributed by atoms with van der Waals surface area (Å²) < 4.78 is 38.2. The van der Waals surface area contributed by atoms with E-state index >= 15 is 0 Å². The maximum Gasteiger partial charge on any atom is 0.416 e. The van der Waals surface area contributed by atoms with Crippen molar-refractivity contribution >= 4 is 11.7 Å². The zero-order valence-corrected chi connectivity index (χ0v) is 13.9. The summed E-state index contributed by atoms with van der Waals surface area (Å²) in [7, 11) is 0. The molecule has 5 nitrogen and oxygen atoms in total. The predicted octanol–water partition coefficient (Wildman–Crippen LogP) is 4.50. The number of alkyl halides is 3. The van der Waals surface area contributed by atoms with Crippen LogP contribution in [-0.4, -0.2) is 22.3 Å². The van der Waals surface area contributed by atoms with Crippen molar-refractivity contribution in [3.05, 3.63) is 35.5 Å². The maximum atomic E-state index is 12.7. The van der Waals surface area contributed by atoms with E-state index in [0.29, 0.717) is 22.9 Å². The summed E-state index contributed by atoms with van der Waals surface area (Å²) in [6.45, 7) is 3.68. The number of carbonyl (C=O) groups excluding carboxylic acids is 1. The average Bonchev–Trinajstić information content (AvgIpc) is 3.27. The van der Waals surface area contributed by atoms with E-state index in [-0.39, 0.29) is 12.1 Å². The molecule has 0 radical (unpaired) electrons. The Hall–Kier alpha value is -2.51. The zero-order chi connectivity index (χ0) is 18.2. The Morgan fingerprint density at radius 1 is 1.24 bits per heavy atom. The molecule has 1 aliphatic carbocycles.